The topological polar surface area (TPSA) is 126 Å². The fourth-order valence-corrected chi connectivity index (χ4v) is 5.70. The lowest BCUT2D eigenvalue weighted by Gasteiger charge is -2.43. The van der Waals surface area contributed by atoms with Gasteiger partial charge in [-0.3, -0.25) is 4.79 Å². The van der Waals surface area contributed by atoms with Crippen LogP contribution in [0.5, 0.6) is 17.2 Å². The molecule has 0 radical (unpaired) electrons. The van der Waals surface area contributed by atoms with E-state index in [0.29, 0.717) is 60.2 Å². The first kappa shape index (κ1) is 28.5. The Morgan fingerprint density at radius 1 is 1.13 bits per heavy atom. The SMILES string of the molecule is Cc1cc(Nc2ncnc3cc4c(nc23)N2CCN(C(=O)/C=C/CN(C)C)C(CCO4)C2)ccc1Oc1ccn2ncnc2c1. The number of aromatic nitrogens is 6. The second-order valence-electron chi connectivity index (χ2n) is 11.5. The van der Waals surface area contributed by atoms with Crippen molar-refractivity contribution < 1.29 is 14.3 Å². The van der Waals surface area contributed by atoms with E-state index in [1.807, 2.05) is 79.5 Å². The van der Waals surface area contributed by atoms with E-state index in [0.717, 1.165) is 35.8 Å². The average Bonchev–Trinajstić information content (AvgIpc) is 3.49. The van der Waals surface area contributed by atoms with E-state index >= 15 is 0 Å². The Balaban J connectivity index is 1.11. The van der Waals surface area contributed by atoms with Crippen LogP contribution in [0.1, 0.15) is 12.0 Å². The second-order valence-corrected chi connectivity index (χ2v) is 11.5. The summed E-state index contributed by atoms with van der Waals surface area (Å²) in [5.74, 6) is 3.47. The summed E-state index contributed by atoms with van der Waals surface area (Å²) in [5.41, 5.74) is 3.82. The fourth-order valence-electron chi connectivity index (χ4n) is 5.70. The highest BCUT2D eigenvalue weighted by molar-refractivity contribution is 5.90. The zero-order valence-electron chi connectivity index (χ0n) is 25.4. The maximum atomic E-state index is 13.0. The Morgan fingerprint density at radius 2 is 2.04 bits per heavy atom. The van der Waals surface area contributed by atoms with Crippen LogP contribution in [0.15, 0.2) is 67.4 Å². The Hall–Kier alpha value is -5.30. The van der Waals surface area contributed by atoms with Crippen LogP contribution in [0.2, 0.25) is 0 Å². The van der Waals surface area contributed by atoms with E-state index in [2.05, 4.69) is 30.3 Å². The molecule has 2 bridgehead atoms. The minimum atomic E-state index is 0.0347. The third-order valence-electron chi connectivity index (χ3n) is 7.98. The van der Waals surface area contributed by atoms with Crippen molar-refractivity contribution in [1.82, 2.24) is 39.3 Å². The number of carbonyl (C=O) groups is 1. The summed E-state index contributed by atoms with van der Waals surface area (Å²) in [6, 6.07) is 11.5. The number of hydrogen-bond acceptors (Lipinski definition) is 11. The number of rotatable bonds is 7. The average molecular weight is 607 g/mol. The number of anilines is 3. The molecule has 2 aliphatic heterocycles. The van der Waals surface area contributed by atoms with Gasteiger partial charge in [0.05, 0.1) is 18.2 Å². The molecule has 1 atom stereocenters. The Bertz CT molecular complexity index is 1910. The summed E-state index contributed by atoms with van der Waals surface area (Å²) in [4.78, 5) is 37.5. The van der Waals surface area contributed by atoms with Gasteiger partial charge in [-0.05, 0) is 50.8 Å². The highest BCUT2D eigenvalue weighted by Gasteiger charge is 2.33. The van der Waals surface area contributed by atoms with E-state index in [1.165, 1.54) is 12.7 Å². The van der Waals surface area contributed by atoms with Crippen LogP contribution in [0, 0.1) is 6.92 Å². The molecular formula is C32H34N10O3. The maximum Gasteiger partial charge on any atom is 0.246 e. The lowest BCUT2D eigenvalue weighted by molar-refractivity contribution is -0.129. The van der Waals surface area contributed by atoms with Crippen LogP contribution < -0.4 is 19.7 Å². The minimum Gasteiger partial charge on any atom is -0.490 e. The zero-order chi connectivity index (χ0) is 30.9. The Kier molecular flexibility index (Phi) is 7.59. The van der Waals surface area contributed by atoms with E-state index < -0.39 is 0 Å². The third-order valence-corrected chi connectivity index (χ3v) is 7.98. The van der Waals surface area contributed by atoms with Gasteiger partial charge in [-0.1, -0.05) is 6.08 Å². The van der Waals surface area contributed by atoms with Crippen LogP contribution in [0.25, 0.3) is 16.7 Å². The molecule has 13 heteroatoms. The number of nitrogens with zero attached hydrogens (tertiary/aromatic N) is 9. The molecule has 0 spiro atoms. The second kappa shape index (κ2) is 12.0. The molecule has 7 rings (SSSR count). The first-order chi connectivity index (χ1) is 21.9. The van der Waals surface area contributed by atoms with Crippen LogP contribution in [-0.4, -0.2) is 98.2 Å². The van der Waals surface area contributed by atoms with Crippen molar-refractivity contribution in [3.8, 4) is 17.2 Å². The monoisotopic (exact) mass is 606 g/mol. The molecule has 45 heavy (non-hydrogen) atoms. The third kappa shape index (κ3) is 5.94. The van der Waals surface area contributed by atoms with Crippen molar-refractivity contribution in [2.75, 3.05) is 57.1 Å². The lowest BCUT2D eigenvalue weighted by atomic mass is 10.1. The number of fused-ring (bicyclic) bond motifs is 6. The van der Waals surface area contributed by atoms with Crippen molar-refractivity contribution in [3.63, 3.8) is 0 Å². The number of ether oxygens (including phenoxy) is 2. The number of amides is 1. The molecule has 230 valence electrons. The van der Waals surface area contributed by atoms with Crippen molar-refractivity contribution in [2.45, 2.75) is 19.4 Å². The zero-order valence-corrected chi connectivity index (χ0v) is 25.4. The molecule has 4 aromatic heterocycles. The fraction of sp³-hybridized carbons (Fsp3) is 0.312. The Labute approximate surface area is 260 Å². The molecule has 2 aliphatic rings. The Morgan fingerprint density at radius 3 is 2.91 bits per heavy atom. The van der Waals surface area contributed by atoms with Crippen molar-refractivity contribution in [2.24, 2.45) is 0 Å². The molecule has 13 nitrogen and oxygen atoms in total. The smallest absolute Gasteiger partial charge is 0.246 e. The number of carbonyl (C=O) groups excluding carboxylic acids is 1. The molecule has 1 unspecified atom stereocenters. The van der Waals surface area contributed by atoms with Gasteiger partial charge in [-0.15, -0.1) is 0 Å². The standard InChI is InChI=1S/C32H34N10O3/c1-21-15-22(6-7-26(21)45-24-8-11-42-28(16-24)34-20-36-42)37-31-30-25(33-19-35-31)17-27-32(38-30)40-12-13-41(23(18-40)9-14-44-27)29(43)5-4-10-39(2)3/h4-8,11,15-17,19-20,23H,9-10,12-14,18H2,1-3H3,(H,33,35,37)/b5-4+. The molecule has 5 aromatic rings. The summed E-state index contributed by atoms with van der Waals surface area (Å²) in [5, 5.41) is 7.55. The predicted octanol–water partition coefficient (Wildman–Crippen LogP) is 3.83. The van der Waals surface area contributed by atoms with E-state index in [1.54, 1.807) is 10.6 Å². The summed E-state index contributed by atoms with van der Waals surface area (Å²) < 4.78 is 14.0. The van der Waals surface area contributed by atoms with Gasteiger partial charge < -0.3 is 29.5 Å². The molecule has 1 fully saturated rings. The first-order valence-electron chi connectivity index (χ1n) is 14.9. The van der Waals surface area contributed by atoms with Gasteiger partial charge in [0.25, 0.3) is 0 Å². The quantitative estimate of drug-likeness (QED) is 0.272. The summed E-state index contributed by atoms with van der Waals surface area (Å²) in [7, 11) is 3.96. The predicted molar refractivity (Wildman–Crippen MR) is 170 cm³/mol. The number of pyridine rings is 2. The number of piperazine rings is 1. The molecular weight excluding hydrogens is 572 g/mol. The normalized spacial score (nSPS) is 16.5. The van der Waals surface area contributed by atoms with E-state index in [4.69, 9.17) is 14.5 Å². The largest absolute Gasteiger partial charge is 0.490 e. The van der Waals surface area contributed by atoms with Crippen molar-refractivity contribution >= 4 is 39.9 Å². The van der Waals surface area contributed by atoms with Crippen LogP contribution in [0.4, 0.5) is 17.3 Å². The number of aryl methyl sites for hydroxylation is 1. The minimum absolute atomic E-state index is 0.0347. The van der Waals surface area contributed by atoms with Crippen LogP contribution >= 0.6 is 0 Å². The molecule has 1 amide bonds. The van der Waals surface area contributed by atoms with E-state index in [-0.39, 0.29) is 11.9 Å². The highest BCUT2D eigenvalue weighted by atomic mass is 16.5. The van der Waals surface area contributed by atoms with Gasteiger partial charge in [0, 0.05) is 62.7 Å². The number of nitrogens with one attached hydrogen (secondary N) is 1. The number of likely N-dealkylation sites (N-methyl/N-ethyl adjacent to an activating group) is 1. The number of benzene rings is 1. The molecule has 1 N–H and O–H groups in total. The summed E-state index contributed by atoms with van der Waals surface area (Å²) in [6.45, 7) is 5.16. The van der Waals surface area contributed by atoms with Gasteiger partial charge in [0.2, 0.25) is 5.91 Å². The maximum absolute atomic E-state index is 13.0. The molecule has 1 saturated heterocycles. The molecule has 0 aliphatic carbocycles. The molecule has 1 aromatic carbocycles. The molecule has 0 saturated carbocycles. The van der Waals surface area contributed by atoms with Gasteiger partial charge in [0.1, 0.15) is 29.7 Å². The van der Waals surface area contributed by atoms with E-state index in [9.17, 15) is 4.79 Å². The lowest BCUT2D eigenvalue weighted by Crippen LogP contribution is -2.56. The van der Waals surface area contributed by atoms with Crippen molar-refractivity contribution in [3.05, 3.63) is 73.0 Å². The van der Waals surface area contributed by atoms with Crippen LogP contribution in [0.3, 0.4) is 0 Å². The van der Waals surface area contributed by atoms with Gasteiger partial charge in [-0.25, -0.2) is 24.5 Å². The van der Waals surface area contributed by atoms with Gasteiger partial charge in [-0.2, -0.15) is 5.10 Å². The number of hydrogen-bond donors (Lipinski definition) is 1. The first-order valence-corrected chi connectivity index (χ1v) is 14.9. The van der Waals surface area contributed by atoms with Crippen molar-refractivity contribution in [1.29, 1.82) is 0 Å². The summed E-state index contributed by atoms with van der Waals surface area (Å²) >= 11 is 0. The summed E-state index contributed by atoms with van der Waals surface area (Å²) in [6.07, 6.45) is 9.18. The van der Waals surface area contributed by atoms with Gasteiger partial charge in [0.15, 0.2) is 23.0 Å². The highest BCUT2D eigenvalue weighted by Crippen LogP contribution is 2.36. The van der Waals surface area contributed by atoms with Crippen LogP contribution in [-0.2, 0) is 4.79 Å². The molecule has 6 heterocycles. The van der Waals surface area contributed by atoms with Gasteiger partial charge >= 0.3 is 0 Å².